The van der Waals surface area contributed by atoms with E-state index in [2.05, 4.69) is 10.4 Å². The van der Waals surface area contributed by atoms with E-state index < -0.39 is 16.1 Å². The summed E-state index contributed by atoms with van der Waals surface area (Å²) in [6.07, 6.45) is 3.14. The first-order valence-corrected chi connectivity index (χ1v) is 10.8. The van der Waals surface area contributed by atoms with Crippen LogP contribution in [-0.4, -0.2) is 80.3 Å². The normalized spacial score (nSPS) is 20.7. The first-order chi connectivity index (χ1) is 13.7. The number of likely N-dealkylation sites (N-methyl/N-ethyl adjacent to an activating group) is 1. The quantitative estimate of drug-likeness (QED) is 0.729. The number of aryl methyl sites for hydroxylation is 1. The number of benzene rings is 1. The zero-order valence-corrected chi connectivity index (χ0v) is 17.9. The smallest absolute Gasteiger partial charge is 0.251 e. The van der Waals surface area contributed by atoms with E-state index in [9.17, 15) is 13.2 Å². The molecular formula is C19H27N5O4S. The van der Waals surface area contributed by atoms with E-state index in [1.54, 1.807) is 30.1 Å². The van der Waals surface area contributed by atoms with Crippen LogP contribution < -0.4 is 5.32 Å². The number of hydrogen-bond donors (Lipinski definition) is 1. The van der Waals surface area contributed by atoms with Crippen molar-refractivity contribution in [2.45, 2.75) is 17.0 Å². The molecule has 3 rings (SSSR count). The van der Waals surface area contributed by atoms with Crippen molar-refractivity contribution in [1.82, 2.24) is 24.3 Å². The number of nitrogens with zero attached hydrogens (tertiary/aromatic N) is 4. The van der Waals surface area contributed by atoms with Gasteiger partial charge in [-0.05, 0) is 32.3 Å². The van der Waals surface area contributed by atoms with Gasteiger partial charge in [0.25, 0.3) is 5.91 Å². The van der Waals surface area contributed by atoms with Gasteiger partial charge in [0.15, 0.2) is 0 Å². The topological polar surface area (TPSA) is 96.8 Å². The van der Waals surface area contributed by atoms with Crippen molar-refractivity contribution < 1.29 is 17.9 Å². The van der Waals surface area contributed by atoms with Crippen LogP contribution >= 0.6 is 0 Å². The highest BCUT2D eigenvalue weighted by molar-refractivity contribution is 7.89. The summed E-state index contributed by atoms with van der Waals surface area (Å²) in [5.74, 6) is -0.335. The molecule has 0 bridgehead atoms. The number of amides is 1. The standard InChI is InChI=1S/C19H27N5O4S/c1-20-19(25)14-6-5-7-16(10-14)29(26,27)24-8-9-28-17(13-22(2)3)18(24)15-11-21-23(4)12-15/h5-7,10-12,17-18H,8-9,13H2,1-4H3,(H,20,25)/t17-,18-/m0/s1. The largest absolute Gasteiger partial charge is 0.373 e. The number of morpholine rings is 1. The lowest BCUT2D eigenvalue weighted by molar-refractivity contribution is -0.0514. The second kappa shape index (κ2) is 8.62. The highest BCUT2D eigenvalue weighted by Crippen LogP contribution is 2.34. The lowest BCUT2D eigenvalue weighted by Gasteiger charge is -2.40. The summed E-state index contributed by atoms with van der Waals surface area (Å²) in [4.78, 5) is 14.0. The third kappa shape index (κ3) is 4.50. The van der Waals surface area contributed by atoms with Crippen LogP contribution in [0.1, 0.15) is 22.0 Å². The van der Waals surface area contributed by atoms with Crippen LogP contribution in [0.15, 0.2) is 41.6 Å². The van der Waals surface area contributed by atoms with Gasteiger partial charge in [0, 0.05) is 44.5 Å². The Kier molecular flexibility index (Phi) is 6.37. The Hall–Kier alpha value is -2.27. The molecule has 158 valence electrons. The van der Waals surface area contributed by atoms with E-state index >= 15 is 0 Å². The predicted molar refractivity (Wildman–Crippen MR) is 108 cm³/mol. The van der Waals surface area contributed by atoms with Gasteiger partial charge < -0.3 is 15.0 Å². The molecule has 1 fully saturated rings. The van der Waals surface area contributed by atoms with Crippen LogP contribution in [0.5, 0.6) is 0 Å². The average Bonchev–Trinajstić information content (AvgIpc) is 3.12. The molecule has 10 heteroatoms. The summed E-state index contributed by atoms with van der Waals surface area (Å²) in [5.41, 5.74) is 1.06. The van der Waals surface area contributed by atoms with Gasteiger partial charge in [-0.3, -0.25) is 9.48 Å². The fraction of sp³-hybridized carbons (Fsp3) is 0.474. The first-order valence-electron chi connectivity index (χ1n) is 9.33. The summed E-state index contributed by atoms with van der Waals surface area (Å²) in [6, 6.07) is 5.57. The van der Waals surface area contributed by atoms with E-state index in [1.165, 1.54) is 23.5 Å². The number of carbonyl (C=O) groups is 1. The molecule has 1 amide bonds. The van der Waals surface area contributed by atoms with Crippen molar-refractivity contribution in [3.8, 4) is 0 Å². The molecule has 2 atom stereocenters. The van der Waals surface area contributed by atoms with Gasteiger partial charge in [-0.1, -0.05) is 6.07 Å². The molecule has 1 saturated heterocycles. The maximum absolute atomic E-state index is 13.6. The zero-order valence-electron chi connectivity index (χ0n) is 17.1. The van der Waals surface area contributed by atoms with Crippen LogP contribution in [0.4, 0.5) is 0 Å². The van der Waals surface area contributed by atoms with Gasteiger partial charge in [-0.15, -0.1) is 0 Å². The number of aromatic nitrogens is 2. The van der Waals surface area contributed by atoms with E-state index in [4.69, 9.17) is 4.74 Å². The predicted octanol–water partition coefficient (Wildman–Crippen LogP) is 0.472. The van der Waals surface area contributed by atoms with Crippen LogP contribution in [0.2, 0.25) is 0 Å². The minimum absolute atomic E-state index is 0.0815. The Morgan fingerprint density at radius 1 is 1.38 bits per heavy atom. The van der Waals surface area contributed by atoms with Gasteiger partial charge >= 0.3 is 0 Å². The van der Waals surface area contributed by atoms with Gasteiger partial charge in [0.1, 0.15) is 0 Å². The Balaban J connectivity index is 2.04. The molecule has 1 aliphatic rings. The number of ether oxygens (including phenoxy) is 1. The molecule has 1 aromatic heterocycles. The molecule has 9 nitrogen and oxygen atoms in total. The number of sulfonamides is 1. The van der Waals surface area contributed by atoms with Crippen LogP contribution in [0.3, 0.4) is 0 Å². The number of carbonyl (C=O) groups excluding carboxylic acids is 1. The second-order valence-electron chi connectivity index (χ2n) is 7.29. The lowest BCUT2D eigenvalue weighted by Crippen LogP contribution is -2.50. The van der Waals surface area contributed by atoms with E-state index in [1.807, 2.05) is 25.2 Å². The fourth-order valence-electron chi connectivity index (χ4n) is 3.54. The summed E-state index contributed by atoms with van der Waals surface area (Å²) >= 11 is 0. The number of nitrogens with one attached hydrogen (secondary N) is 1. The molecule has 29 heavy (non-hydrogen) atoms. The van der Waals surface area contributed by atoms with Crippen LogP contribution in [0.25, 0.3) is 0 Å². The van der Waals surface area contributed by atoms with Crippen LogP contribution in [0, 0.1) is 0 Å². The number of hydrogen-bond acceptors (Lipinski definition) is 6. The molecule has 1 N–H and O–H groups in total. The Morgan fingerprint density at radius 3 is 2.76 bits per heavy atom. The van der Waals surface area contributed by atoms with E-state index in [0.717, 1.165) is 5.56 Å². The van der Waals surface area contributed by atoms with Gasteiger partial charge in [0.2, 0.25) is 10.0 Å². The molecule has 1 aromatic carbocycles. The summed E-state index contributed by atoms with van der Waals surface area (Å²) in [7, 11) is 3.28. The minimum atomic E-state index is -3.87. The molecular weight excluding hydrogens is 394 g/mol. The van der Waals surface area contributed by atoms with Crippen molar-refractivity contribution in [1.29, 1.82) is 0 Å². The SMILES string of the molecule is CNC(=O)c1cccc(S(=O)(=O)N2CCO[C@@H](CN(C)C)[C@@H]2c2cnn(C)c2)c1. The highest BCUT2D eigenvalue weighted by atomic mass is 32.2. The molecule has 0 unspecified atom stereocenters. The zero-order chi connectivity index (χ0) is 21.2. The fourth-order valence-corrected chi connectivity index (χ4v) is 5.21. The lowest BCUT2D eigenvalue weighted by atomic mass is 10.0. The Bertz CT molecular complexity index is 972. The molecule has 0 radical (unpaired) electrons. The van der Waals surface area contributed by atoms with Crippen molar-refractivity contribution in [3.05, 3.63) is 47.8 Å². The maximum atomic E-state index is 13.6. The molecule has 2 aromatic rings. The summed E-state index contributed by atoms with van der Waals surface area (Å²) in [6.45, 7) is 1.07. The molecule has 0 aliphatic carbocycles. The molecule has 0 saturated carbocycles. The molecule has 0 spiro atoms. The second-order valence-corrected chi connectivity index (χ2v) is 9.18. The number of rotatable bonds is 6. The van der Waals surface area contributed by atoms with Crippen molar-refractivity contribution in [2.24, 2.45) is 7.05 Å². The van der Waals surface area contributed by atoms with Gasteiger partial charge in [-0.25, -0.2) is 8.42 Å². The first kappa shape index (κ1) is 21.4. The highest BCUT2D eigenvalue weighted by Gasteiger charge is 2.41. The van der Waals surface area contributed by atoms with Crippen molar-refractivity contribution >= 4 is 15.9 Å². The Labute approximate surface area is 171 Å². The maximum Gasteiger partial charge on any atom is 0.251 e. The summed E-state index contributed by atoms with van der Waals surface area (Å²) < 4.78 is 36.2. The third-order valence-corrected chi connectivity index (χ3v) is 6.72. The van der Waals surface area contributed by atoms with Crippen molar-refractivity contribution in [3.63, 3.8) is 0 Å². The average molecular weight is 422 g/mol. The Morgan fingerprint density at radius 2 is 2.14 bits per heavy atom. The third-order valence-electron chi connectivity index (χ3n) is 4.85. The molecule has 1 aliphatic heterocycles. The summed E-state index contributed by atoms with van der Waals surface area (Å²) in [5, 5.41) is 6.74. The monoisotopic (exact) mass is 421 g/mol. The van der Waals surface area contributed by atoms with Crippen molar-refractivity contribution in [2.75, 3.05) is 40.8 Å². The molecule has 2 heterocycles. The van der Waals surface area contributed by atoms with E-state index in [0.29, 0.717) is 18.7 Å². The van der Waals surface area contributed by atoms with Gasteiger partial charge in [-0.2, -0.15) is 9.40 Å². The minimum Gasteiger partial charge on any atom is -0.373 e. The van der Waals surface area contributed by atoms with Crippen LogP contribution in [-0.2, 0) is 21.8 Å². The van der Waals surface area contributed by atoms with Gasteiger partial charge in [0.05, 0.1) is 29.8 Å². The van der Waals surface area contributed by atoms with E-state index in [-0.39, 0.29) is 23.5 Å².